The quantitative estimate of drug-likeness (QED) is 0.866. The van der Waals surface area contributed by atoms with Crippen molar-refractivity contribution in [1.82, 2.24) is 9.47 Å². The fourth-order valence-electron chi connectivity index (χ4n) is 3.51. The molecule has 1 aromatic heterocycles. The Morgan fingerprint density at radius 3 is 2.62 bits per heavy atom. The van der Waals surface area contributed by atoms with Crippen LogP contribution in [0.25, 0.3) is 11.1 Å². The van der Waals surface area contributed by atoms with Crippen LogP contribution in [-0.4, -0.2) is 21.6 Å². The number of rotatable bonds is 4. The monoisotopic (exact) mass is 306 g/mol. The Balaban J connectivity index is 1.68. The van der Waals surface area contributed by atoms with Crippen molar-refractivity contribution in [1.29, 1.82) is 0 Å². The molecule has 0 spiro atoms. The Kier molecular flexibility index (Phi) is 3.31. The fourth-order valence-corrected chi connectivity index (χ4v) is 3.67. The Morgan fingerprint density at radius 1 is 1.19 bits per heavy atom. The first-order valence-electron chi connectivity index (χ1n) is 7.77. The van der Waals surface area contributed by atoms with Gasteiger partial charge in [-0.15, -0.1) is 0 Å². The molecule has 112 valence electrons. The molecule has 0 radical (unpaired) electrons. The third kappa shape index (κ3) is 2.51. The maximum atomic E-state index is 12.2. The number of hydrogen-bond acceptors (Lipinski definition) is 3. The summed E-state index contributed by atoms with van der Waals surface area (Å²) in [6, 6.07) is 6.68. The van der Waals surface area contributed by atoms with Gasteiger partial charge in [-0.1, -0.05) is 24.4 Å². The van der Waals surface area contributed by atoms with Crippen LogP contribution in [0.5, 0.6) is 0 Å². The minimum Gasteiger partial charge on any atom is -0.408 e. The Bertz CT molecular complexity index is 711. The molecule has 21 heavy (non-hydrogen) atoms. The Labute approximate surface area is 128 Å². The van der Waals surface area contributed by atoms with Crippen LogP contribution in [-0.2, 0) is 6.67 Å². The van der Waals surface area contributed by atoms with Crippen LogP contribution in [0.1, 0.15) is 38.5 Å². The van der Waals surface area contributed by atoms with E-state index in [2.05, 4.69) is 4.90 Å². The van der Waals surface area contributed by atoms with Crippen LogP contribution >= 0.6 is 11.6 Å². The van der Waals surface area contributed by atoms with E-state index in [1.807, 2.05) is 12.1 Å². The molecule has 0 atom stereocenters. The molecule has 1 aromatic carbocycles. The summed E-state index contributed by atoms with van der Waals surface area (Å²) in [5.74, 6) is -0.282. The Morgan fingerprint density at radius 2 is 1.90 bits per heavy atom. The summed E-state index contributed by atoms with van der Waals surface area (Å²) in [4.78, 5) is 14.7. The van der Waals surface area contributed by atoms with Crippen molar-refractivity contribution in [2.45, 2.75) is 57.3 Å². The Hall–Kier alpha value is -1.26. The van der Waals surface area contributed by atoms with Gasteiger partial charge in [0.15, 0.2) is 5.58 Å². The number of oxazole rings is 1. The van der Waals surface area contributed by atoms with Gasteiger partial charge in [0.1, 0.15) is 0 Å². The van der Waals surface area contributed by atoms with E-state index in [9.17, 15) is 4.79 Å². The lowest BCUT2D eigenvalue weighted by Crippen LogP contribution is -2.38. The zero-order chi connectivity index (χ0) is 14.4. The van der Waals surface area contributed by atoms with Gasteiger partial charge in [-0.05, 0) is 37.8 Å². The highest BCUT2D eigenvalue weighted by Gasteiger charge is 2.35. The van der Waals surface area contributed by atoms with Gasteiger partial charge in [0.2, 0.25) is 0 Å². The predicted octanol–water partition coefficient (Wildman–Crippen LogP) is 3.61. The highest BCUT2D eigenvalue weighted by atomic mass is 35.5. The van der Waals surface area contributed by atoms with Crippen LogP contribution in [0.3, 0.4) is 0 Å². The van der Waals surface area contributed by atoms with Gasteiger partial charge in [-0.25, -0.2) is 4.79 Å². The third-order valence-electron chi connectivity index (χ3n) is 4.74. The van der Waals surface area contributed by atoms with E-state index in [0.717, 1.165) is 5.52 Å². The molecule has 0 aliphatic heterocycles. The number of hydrogen-bond donors (Lipinski definition) is 0. The lowest BCUT2D eigenvalue weighted by atomic mass is 10.2. The molecule has 2 aliphatic rings. The molecule has 4 nitrogen and oxygen atoms in total. The minimum absolute atomic E-state index is 0.282. The second-order valence-electron chi connectivity index (χ2n) is 6.23. The molecule has 4 rings (SSSR count). The summed E-state index contributed by atoms with van der Waals surface area (Å²) >= 11 is 5.97. The van der Waals surface area contributed by atoms with Crippen molar-refractivity contribution in [3.63, 3.8) is 0 Å². The molecule has 2 aliphatic carbocycles. The van der Waals surface area contributed by atoms with E-state index in [-0.39, 0.29) is 5.76 Å². The van der Waals surface area contributed by atoms with Crippen LogP contribution in [0.15, 0.2) is 27.4 Å². The molecule has 0 N–H and O–H groups in total. The molecular weight excluding hydrogens is 288 g/mol. The first-order chi connectivity index (χ1) is 10.2. The zero-order valence-corrected chi connectivity index (χ0v) is 12.7. The molecule has 2 saturated carbocycles. The van der Waals surface area contributed by atoms with E-state index >= 15 is 0 Å². The predicted molar refractivity (Wildman–Crippen MR) is 82.6 cm³/mol. The first-order valence-corrected chi connectivity index (χ1v) is 8.15. The molecule has 2 fully saturated rings. The van der Waals surface area contributed by atoms with Crippen molar-refractivity contribution >= 4 is 22.7 Å². The summed E-state index contributed by atoms with van der Waals surface area (Å²) < 4.78 is 7.09. The summed E-state index contributed by atoms with van der Waals surface area (Å²) in [6.07, 6.45) is 7.65. The molecule has 0 amide bonds. The van der Waals surface area contributed by atoms with Gasteiger partial charge >= 0.3 is 5.76 Å². The molecule has 0 saturated heterocycles. The van der Waals surface area contributed by atoms with Gasteiger partial charge in [0.25, 0.3) is 0 Å². The second-order valence-corrected chi connectivity index (χ2v) is 6.67. The topological polar surface area (TPSA) is 38.4 Å². The van der Waals surface area contributed by atoms with Crippen molar-refractivity contribution in [2.75, 3.05) is 0 Å². The van der Waals surface area contributed by atoms with Crippen LogP contribution in [0, 0.1) is 0 Å². The van der Waals surface area contributed by atoms with Gasteiger partial charge in [-0.3, -0.25) is 9.47 Å². The van der Waals surface area contributed by atoms with E-state index in [1.54, 1.807) is 10.6 Å². The zero-order valence-electron chi connectivity index (χ0n) is 11.9. The number of aromatic nitrogens is 1. The van der Waals surface area contributed by atoms with Crippen molar-refractivity contribution in [3.8, 4) is 0 Å². The molecule has 0 unspecified atom stereocenters. The van der Waals surface area contributed by atoms with Gasteiger partial charge in [-0.2, -0.15) is 0 Å². The van der Waals surface area contributed by atoms with Crippen molar-refractivity contribution in [3.05, 3.63) is 33.8 Å². The number of fused-ring (bicyclic) bond motifs is 1. The lowest BCUT2D eigenvalue weighted by Gasteiger charge is -2.28. The summed E-state index contributed by atoms with van der Waals surface area (Å²) in [6.45, 7) is 0.642. The molecule has 5 heteroatoms. The normalized spacial score (nSPS) is 19.9. The van der Waals surface area contributed by atoms with Crippen molar-refractivity contribution in [2.24, 2.45) is 0 Å². The second kappa shape index (κ2) is 5.18. The van der Waals surface area contributed by atoms with Gasteiger partial charge in [0, 0.05) is 23.2 Å². The fraction of sp³-hybridized carbons (Fsp3) is 0.562. The number of benzene rings is 1. The third-order valence-corrected chi connectivity index (χ3v) is 4.98. The van der Waals surface area contributed by atoms with Crippen LogP contribution in [0.4, 0.5) is 0 Å². The van der Waals surface area contributed by atoms with Crippen LogP contribution in [0.2, 0.25) is 5.02 Å². The number of halogens is 1. The van der Waals surface area contributed by atoms with E-state index in [0.29, 0.717) is 29.4 Å². The molecule has 1 heterocycles. The smallest absolute Gasteiger partial charge is 0.408 e. The maximum absolute atomic E-state index is 12.2. The summed E-state index contributed by atoms with van der Waals surface area (Å²) in [7, 11) is 0. The number of nitrogens with zero attached hydrogens (tertiary/aromatic N) is 2. The van der Waals surface area contributed by atoms with Crippen molar-refractivity contribution < 1.29 is 4.42 Å². The lowest BCUT2D eigenvalue weighted by molar-refractivity contribution is 0.140. The highest BCUT2D eigenvalue weighted by molar-refractivity contribution is 6.31. The average Bonchev–Trinajstić information content (AvgIpc) is 3.05. The highest BCUT2D eigenvalue weighted by Crippen LogP contribution is 2.35. The van der Waals surface area contributed by atoms with E-state index in [1.165, 1.54) is 38.5 Å². The SMILES string of the molecule is O=c1oc2cc(Cl)ccc2n1CN(C1CCCC1)C1CC1. The standard InChI is InChI=1S/C16H19ClN2O2/c17-11-5-8-14-15(9-11)21-16(20)19(14)10-18(13-6-7-13)12-3-1-2-4-12/h5,8-9,12-13H,1-4,6-7,10H2. The van der Waals surface area contributed by atoms with E-state index in [4.69, 9.17) is 16.0 Å². The van der Waals surface area contributed by atoms with E-state index < -0.39 is 0 Å². The molecule has 2 aromatic rings. The maximum Gasteiger partial charge on any atom is 0.421 e. The van der Waals surface area contributed by atoms with Crippen LogP contribution < -0.4 is 5.76 Å². The first kappa shape index (κ1) is 13.4. The largest absolute Gasteiger partial charge is 0.421 e. The average molecular weight is 307 g/mol. The summed E-state index contributed by atoms with van der Waals surface area (Å²) in [5.41, 5.74) is 1.42. The van der Waals surface area contributed by atoms with Gasteiger partial charge < -0.3 is 4.42 Å². The molecular formula is C16H19ClN2O2. The minimum atomic E-state index is -0.282. The summed E-state index contributed by atoms with van der Waals surface area (Å²) in [5, 5.41) is 0.596. The molecule has 0 bridgehead atoms. The van der Waals surface area contributed by atoms with Gasteiger partial charge in [0.05, 0.1) is 12.2 Å².